The molecule has 0 atom stereocenters. The van der Waals surface area contributed by atoms with E-state index >= 15 is 0 Å². The average molecular weight is 217 g/mol. The Morgan fingerprint density at radius 3 is 2.94 bits per heavy atom. The smallest absolute Gasteiger partial charge is 0.409 e. The van der Waals surface area contributed by atoms with Crippen molar-refractivity contribution in [1.82, 2.24) is 9.55 Å². The van der Waals surface area contributed by atoms with E-state index in [0.717, 1.165) is 11.5 Å². The van der Waals surface area contributed by atoms with Crippen LogP contribution in [0.5, 0.6) is 0 Å². The minimum absolute atomic E-state index is 0.540. The fourth-order valence-corrected chi connectivity index (χ4v) is 1.51. The van der Waals surface area contributed by atoms with E-state index in [0.29, 0.717) is 5.69 Å². The lowest BCUT2D eigenvalue weighted by atomic mass is 10.2. The summed E-state index contributed by atoms with van der Waals surface area (Å²) >= 11 is 0. The number of carboxylic acid groups (broad SMARTS) is 1. The Bertz CT molecular complexity index is 519. The number of hydrogen-bond donors (Lipinski definition) is 2. The Kier molecular flexibility index (Phi) is 2.59. The lowest BCUT2D eigenvalue weighted by molar-refractivity contribution is 0.210. The number of hydrogen-bond acceptors (Lipinski definition) is 2. The van der Waals surface area contributed by atoms with Crippen molar-refractivity contribution in [3.05, 3.63) is 42.5 Å². The summed E-state index contributed by atoms with van der Waals surface area (Å²) in [5.41, 5.74) is 1.42. The number of nitrogens with zero attached hydrogens (tertiary/aromatic N) is 2. The Balaban J connectivity index is 2.36. The van der Waals surface area contributed by atoms with Crippen molar-refractivity contribution in [2.45, 2.75) is 6.92 Å². The summed E-state index contributed by atoms with van der Waals surface area (Å²) in [7, 11) is 0. The van der Waals surface area contributed by atoms with Gasteiger partial charge in [0.2, 0.25) is 0 Å². The van der Waals surface area contributed by atoms with Gasteiger partial charge in [-0.2, -0.15) is 0 Å². The van der Waals surface area contributed by atoms with Crippen molar-refractivity contribution in [3.8, 4) is 5.69 Å². The fourth-order valence-electron chi connectivity index (χ4n) is 1.51. The minimum atomic E-state index is -1.07. The van der Waals surface area contributed by atoms with Crippen molar-refractivity contribution < 1.29 is 9.90 Å². The lowest BCUT2D eigenvalue weighted by Crippen LogP contribution is -2.07. The van der Waals surface area contributed by atoms with Crippen LogP contribution in [-0.2, 0) is 0 Å². The van der Waals surface area contributed by atoms with Crippen molar-refractivity contribution in [2.24, 2.45) is 0 Å². The number of anilines is 1. The van der Waals surface area contributed by atoms with Crippen LogP contribution in [0.25, 0.3) is 5.69 Å². The third kappa shape index (κ3) is 2.03. The summed E-state index contributed by atoms with van der Waals surface area (Å²) in [5.74, 6) is 0.854. The van der Waals surface area contributed by atoms with Gasteiger partial charge in [0.25, 0.3) is 0 Å². The molecule has 1 heterocycles. The standard InChI is InChI=1S/C11H11N3O2/c1-8-12-5-6-14(8)10-4-2-3-9(7-10)13-11(15)16/h2-7,13H,1H3,(H,15,16). The largest absolute Gasteiger partial charge is 0.465 e. The van der Waals surface area contributed by atoms with Crippen LogP contribution in [-0.4, -0.2) is 20.8 Å². The molecule has 2 rings (SSSR count). The number of aromatic nitrogens is 2. The van der Waals surface area contributed by atoms with Crippen LogP contribution in [0, 0.1) is 6.92 Å². The van der Waals surface area contributed by atoms with Crippen molar-refractivity contribution >= 4 is 11.8 Å². The molecule has 5 heteroatoms. The average Bonchev–Trinajstić information content (AvgIpc) is 2.64. The van der Waals surface area contributed by atoms with E-state index in [1.807, 2.05) is 23.8 Å². The first-order chi connectivity index (χ1) is 7.66. The quantitative estimate of drug-likeness (QED) is 0.810. The van der Waals surface area contributed by atoms with Gasteiger partial charge >= 0.3 is 6.09 Å². The highest BCUT2D eigenvalue weighted by Gasteiger charge is 2.02. The first kappa shape index (κ1) is 10.2. The molecule has 1 aromatic heterocycles. The molecule has 2 aromatic rings. The van der Waals surface area contributed by atoms with Crippen LogP contribution in [0.1, 0.15) is 5.82 Å². The number of rotatable bonds is 2. The van der Waals surface area contributed by atoms with E-state index in [9.17, 15) is 4.79 Å². The van der Waals surface area contributed by atoms with Crippen molar-refractivity contribution in [2.75, 3.05) is 5.32 Å². The zero-order chi connectivity index (χ0) is 11.5. The van der Waals surface area contributed by atoms with Gasteiger partial charge in [0.05, 0.1) is 0 Å². The van der Waals surface area contributed by atoms with Crippen molar-refractivity contribution in [3.63, 3.8) is 0 Å². The molecular formula is C11H11N3O2. The van der Waals surface area contributed by atoms with Crippen molar-refractivity contribution in [1.29, 1.82) is 0 Å². The molecule has 0 bridgehead atoms. The number of aryl methyl sites for hydroxylation is 1. The van der Waals surface area contributed by atoms with Gasteiger partial charge in [-0.05, 0) is 25.1 Å². The number of carbonyl (C=O) groups is 1. The SMILES string of the molecule is Cc1nccn1-c1cccc(NC(=O)O)c1. The maximum absolute atomic E-state index is 10.5. The molecule has 0 aliphatic rings. The number of nitrogens with one attached hydrogen (secondary N) is 1. The van der Waals surface area contributed by atoms with Gasteiger partial charge in [-0.15, -0.1) is 0 Å². The van der Waals surface area contributed by atoms with Crippen LogP contribution in [0.3, 0.4) is 0 Å². The maximum atomic E-state index is 10.5. The van der Waals surface area contributed by atoms with E-state index in [2.05, 4.69) is 10.3 Å². The van der Waals surface area contributed by atoms with Gasteiger partial charge < -0.3 is 9.67 Å². The first-order valence-electron chi connectivity index (χ1n) is 4.77. The minimum Gasteiger partial charge on any atom is -0.465 e. The highest BCUT2D eigenvalue weighted by molar-refractivity contribution is 5.83. The second-order valence-corrected chi connectivity index (χ2v) is 3.32. The summed E-state index contributed by atoms with van der Waals surface area (Å²) in [4.78, 5) is 14.6. The third-order valence-corrected chi connectivity index (χ3v) is 2.20. The van der Waals surface area contributed by atoms with Crippen LogP contribution in [0.15, 0.2) is 36.7 Å². The molecule has 0 spiro atoms. The zero-order valence-electron chi connectivity index (χ0n) is 8.71. The predicted molar refractivity (Wildman–Crippen MR) is 59.9 cm³/mol. The molecule has 0 unspecified atom stereocenters. The normalized spacial score (nSPS) is 10.1. The second kappa shape index (κ2) is 4.06. The summed E-state index contributed by atoms with van der Waals surface area (Å²) in [6.45, 7) is 1.89. The highest BCUT2D eigenvalue weighted by atomic mass is 16.4. The summed E-state index contributed by atoms with van der Waals surface area (Å²) < 4.78 is 1.88. The Labute approximate surface area is 92.4 Å². The first-order valence-corrected chi connectivity index (χ1v) is 4.77. The van der Waals surface area contributed by atoms with Crippen LogP contribution in [0.4, 0.5) is 10.5 Å². The molecule has 0 aliphatic heterocycles. The monoisotopic (exact) mass is 217 g/mol. The number of benzene rings is 1. The molecule has 16 heavy (non-hydrogen) atoms. The number of amides is 1. The molecule has 2 N–H and O–H groups in total. The fraction of sp³-hybridized carbons (Fsp3) is 0.0909. The van der Waals surface area contributed by atoms with E-state index in [1.54, 1.807) is 24.4 Å². The van der Waals surface area contributed by atoms with Crippen LogP contribution < -0.4 is 5.32 Å². The maximum Gasteiger partial charge on any atom is 0.409 e. The van der Waals surface area contributed by atoms with Crippen LogP contribution >= 0.6 is 0 Å². The molecule has 0 saturated heterocycles. The van der Waals surface area contributed by atoms with Gasteiger partial charge in [-0.1, -0.05) is 6.07 Å². The van der Waals surface area contributed by atoms with Gasteiger partial charge in [-0.3, -0.25) is 5.32 Å². The zero-order valence-corrected chi connectivity index (χ0v) is 8.71. The molecule has 5 nitrogen and oxygen atoms in total. The van der Waals surface area contributed by atoms with Gasteiger partial charge in [0.1, 0.15) is 5.82 Å². The lowest BCUT2D eigenvalue weighted by Gasteiger charge is -2.07. The summed E-state index contributed by atoms with van der Waals surface area (Å²) in [6.07, 6.45) is 2.46. The van der Waals surface area contributed by atoms with E-state index < -0.39 is 6.09 Å². The van der Waals surface area contributed by atoms with E-state index in [4.69, 9.17) is 5.11 Å². The molecule has 1 amide bonds. The van der Waals surface area contributed by atoms with Crippen LogP contribution in [0.2, 0.25) is 0 Å². The van der Waals surface area contributed by atoms with Gasteiger partial charge in [-0.25, -0.2) is 9.78 Å². The highest BCUT2D eigenvalue weighted by Crippen LogP contribution is 2.15. The molecule has 0 saturated carbocycles. The Hall–Kier alpha value is -2.30. The molecular weight excluding hydrogens is 206 g/mol. The van der Waals surface area contributed by atoms with E-state index in [1.165, 1.54) is 0 Å². The number of imidazole rings is 1. The van der Waals surface area contributed by atoms with E-state index in [-0.39, 0.29) is 0 Å². The van der Waals surface area contributed by atoms with Gasteiger partial charge in [0, 0.05) is 23.8 Å². The predicted octanol–water partition coefficient (Wildman–Crippen LogP) is 2.27. The van der Waals surface area contributed by atoms with Gasteiger partial charge in [0.15, 0.2) is 0 Å². The molecule has 82 valence electrons. The molecule has 1 aromatic carbocycles. The summed E-state index contributed by atoms with van der Waals surface area (Å²) in [6, 6.07) is 7.13. The Morgan fingerprint density at radius 1 is 1.50 bits per heavy atom. The molecule has 0 fully saturated rings. The molecule has 0 radical (unpaired) electrons. The third-order valence-electron chi connectivity index (χ3n) is 2.20. The second-order valence-electron chi connectivity index (χ2n) is 3.32. The topological polar surface area (TPSA) is 67.2 Å². The molecule has 0 aliphatic carbocycles. The Morgan fingerprint density at radius 2 is 2.31 bits per heavy atom. The summed E-state index contributed by atoms with van der Waals surface area (Å²) in [5, 5.41) is 10.9.